The van der Waals surface area contributed by atoms with Crippen molar-refractivity contribution in [1.29, 1.82) is 0 Å². The Morgan fingerprint density at radius 2 is 1.85 bits per heavy atom. The second-order valence-electron chi connectivity index (χ2n) is 10.6. The molecule has 0 saturated heterocycles. The third kappa shape index (κ3) is 5.64. The molecule has 2 heterocycles. The van der Waals surface area contributed by atoms with Gasteiger partial charge >= 0.3 is 5.97 Å². The lowest BCUT2D eigenvalue weighted by atomic mass is 9.87. The Hall–Kier alpha value is -3.27. The van der Waals surface area contributed by atoms with Crippen molar-refractivity contribution >= 4 is 39.0 Å². The third-order valence-corrected chi connectivity index (χ3v) is 9.85. The molecular weight excluding hydrogens is 550 g/mol. The van der Waals surface area contributed by atoms with E-state index in [1.807, 2.05) is 37.3 Å². The highest BCUT2D eigenvalue weighted by Crippen LogP contribution is 2.38. The van der Waals surface area contributed by atoms with Crippen LogP contribution in [0.5, 0.6) is 5.75 Å². The average molecular weight is 584 g/mol. The molecular formula is C30H34ClN3O5S. The zero-order chi connectivity index (χ0) is 28.6. The van der Waals surface area contributed by atoms with Gasteiger partial charge in [0.05, 0.1) is 24.3 Å². The van der Waals surface area contributed by atoms with Crippen molar-refractivity contribution in [2.45, 2.75) is 56.2 Å². The Balaban J connectivity index is 1.51. The van der Waals surface area contributed by atoms with Crippen LogP contribution in [0.1, 0.15) is 49.3 Å². The van der Waals surface area contributed by atoms with E-state index >= 15 is 0 Å². The van der Waals surface area contributed by atoms with Gasteiger partial charge in [-0.1, -0.05) is 48.9 Å². The maximum Gasteiger partial charge on any atom is 0.304 e. The SMILES string of the molecule is CCC1CN(C)c2ccc(C(CC(=O)O)c3ccc(Cl)c(CN4CC(C)Oc5ccccc5S4(=O)=O)c3)cc2N1. The number of sulfonamides is 1. The van der Waals surface area contributed by atoms with Crippen LogP contribution in [0.15, 0.2) is 65.6 Å². The molecule has 3 atom stereocenters. The van der Waals surface area contributed by atoms with Crippen LogP contribution in [-0.2, 0) is 21.4 Å². The maximum absolute atomic E-state index is 13.6. The number of benzene rings is 3. The topological polar surface area (TPSA) is 99.2 Å². The highest BCUT2D eigenvalue weighted by Gasteiger charge is 2.34. The highest BCUT2D eigenvalue weighted by molar-refractivity contribution is 7.89. The van der Waals surface area contributed by atoms with Crippen molar-refractivity contribution in [3.05, 3.63) is 82.4 Å². The monoisotopic (exact) mass is 583 g/mol. The number of ether oxygens (including phenoxy) is 1. The predicted octanol–water partition coefficient (Wildman–Crippen LogP) is 5.56. The Morgan fingerprint density at radius 3 is 2.60 bits per heavy atom. The van der Waals surface area contributed by atoms with Crippen LogP contribution in [0.25, 0.3) is 0 Å². The van der Waals surface area contributed by atoms with Gasteiger partial charge in [-0.25, -0.2) is 8.42 Å². The first-order chi connectivity index (χ1) is 19.1. The predicted molar refractivity (Wildman–Crippen MR) is 157 cm³/mol. The molecule has 0 fully saturated rings. The number of halogens is 1. The minimum atomic E-state index is -3.85. The molecule has 3 aromatic carbocycles. The number of likely N-dealkylation sites (N-methyl/N-ethyl adjacent to an activating group) is 1. The Labute approximate surface area is 240 Å². The lowest BCUT2D eigenvalue weighted by Gasteiger charge is -2.35. The number of carbonyl (C=O) groups is 1. The summed E-state index contributed by atoms with van der Waals surface area (Å²) in [7, 11) is -1.79. The highest BCUT2D eigenvalue weighted by atomic mass is 35.5. The van der Waals surface area contributed by atoms with Crippen molar-refractivity contribution in [2.24, 2.45) is 0 Å². The number of aliphatic carboxylic acids is 1. The van der Waals surface area contributed by atoms with Crippen LogP contribution in [0.4, 0.5) is 11.4 Å². The molecule has 2 aliphatic heterocycles. The number of fused-ring (bicyclic) bond motifs is 2. The summed E-state index contributed by atoms with van der Waals surface area (Å²) in [6.07, 6.45) is 0.488. The first-order valence-electron chi connectivity index (χ1n) is 13.4. The third-order valence-electron chi connectivity index (χ3n) is 7.63. The van der Waals surface area contributed by atoms with E-state index in [-0.39, 0.29) is 30.5 Å². The van der Waals surface area contributed by atoms with E-state index in [2.05, 4.69) is 24.2 Å². The molecule has 40 heavy (non-hydrogen) atoms. The van der Waals surface area contributed by atoms with Crippen molar-refractivity contribution < 1.29 is 23.1 Å². The first kappa shape index (κ1) is 28.3. The van der Waals surface area contributed by atoms with Crippen LogP contribution in [0.3, 0.4) is 0 Å². The van der Waals surface area contributed by atoms with Gasteiger partial charge in [0.1, 0.15) is 16.7 Å². The van der Waals surface area contributed by atoms with Crippen molar-refractivity contribution in [1.82, 2.24) is 4.31 Å². The van der Waals surface area contributed by atoms with Gasteiger partial charge in [0.15, 0.2) is 0 Å². The normalized spacial score (nSPS) is 20.9. The molecule has 0 spiro atoms. The van der Waals surface area contributed by atoms with E-state index in [1.165, 1.54) is 4.31 Å². The summed E-state index contributed by atoms with van der Waals surface area (Å²) >= 11 is 6.60. The summed E-state index contributed by atoms with van der Waals surface area (Å²) in [6.45, 7) is 5.05. The number of nitrogens with one attached hydrogen (secondary N) is 1. The van der Waals surface area contributed by atoms with E-state index in [1.54, 1.807) is 30.3 Å². The van der Waals surface area contributed by atoms with Crippen molar-refractivity contribution in [3.63, 3.8) is 0 Å². The fourth-order valence-electron chi connectivity index (χ4n) is 5.56. The van der Waals surface area contributed by atoms with Gasteiger partial charge < -0.3 is 20.1 Å². The molecule has 0 bridgehead atoms. The fraction of sp³-hybridized carbons (Fsp3) is 0.367. The molecule has 0 saturated carbocycles. The molecule has 8 nitrogen and oxygen atoms in total. The maximum atomic E-state index is 13.6. The van der Waals surface area contributed by atoms with E-state index in [0.717, 1.165) is 35.5 Å². The molecule has 2 aliphatic rings. The molecule has 212 valence electrons. The van der Waals surface area contributed by atoms with E-state index in [9.17, 15) is 18.3 Å². The molecule has 0 aromatic heterocycles. The first-order valence-corrected chi connectivity index (χ1v) is 15.3. The van der Waals surface area contributed by atoms with Crippen LogP contribution in [0.2, 0.25) is 5.02 Å². The van der Waals surface area contributed by atoms with E-state index < -0.39 is 21.9 Å². The summed E-state index contributed by atoms with van der Waals surface area (Å²) in [5.74, 6) is -1.04. The fourth-order valence-corrected chi connectivity index (χ4v) is 7.35. The quantitative estimate of drug-likeness (QED) is 0.376. The van der Waals surface area contributed by atoms with Gasteiger partial charge in [-0.15, -0.1) is 0 Å². The summed E-state index contributed by atoms with van der Waals surface area (Å²) in [6, 6.07) is 18.3. The second kappa shape index (κ2) is 11.3. The van der Waals surface area contributed by atoms with Crippen LogP contribution < -0.4 is 15.0 Å². The summed E-state index contributed by atoms with van der Waals surface area (Å²) < 4.78 is 34.5. The number of para-hydroxylation sites is 1. The molecule has 0 amide bonds. The smallest absolute Gasteiger partial charge is 0.304 e. The number of carboxylic acids is 1. The summed E-state index contributed by atoms with van der Waals surface area (Å²) in [5, 5.41) is 13.8. The van der Waals surface area contributed by atoms with Gasteiger partial charge in [0.25, 0.3) is 0 Å². The van der Waals surface area contributed by atoms with Crippen molar-refractivity contribution in [3.8, 4) is 5.75 Å². The second-order valence-corrected chi connectivity index (χ2v) is 12.9. The van der Waals surface area contributed by atoms with Gasteiger partial charge in [0, 0.05) is 37.1 Å². The number of hydrogen-bond donors (Lipinski definition) is 2. The molecule has 0 aliphatic carbocycles. The van der Waals surface area contributed by atoms with Crippen LogP contribution >= 0.6 is 11.6 Å². The standard InChI is InChI=1S/C30H34ClN3O5S/c1-4-23-18-33(3)27-12-10-21(14-26(27)32-23)24(15-30(35)36)20-9-11-25(31)22(13-20)17-34-16-19(2)39-28-7-5-6-8-29(28)40(34,37)38/h5-14,19,23-24,32H,4,15-18H2,1-3H3,(H,35,36). The van der Waals surface area contributed by atoms with E-state index in [0.29, 0.717) is 22.4 Å². The number of anilines is 2. The number of hydrogen-bond acceptors (Lipinski definition) is 6. The molecule has 2 N–H and O–H groups in total. The zero-order valence-electron chi connectivity index (χ0n) is 22.8. The van der Waals surface area contributed by atoms with Crippen LogP contribution in [0, 0.1) is 0 Å². The Kier molecular flexibility index (Phi) is 7.99. The zero-order valence-corrected chi connectivity index (χ0v) is 24.4. The van der Waals surface area contributed by atoms with Gasteiger partial charge in [-0.2, -0.15) is 4.31 Å². The Morgan fingerprint density at radius 1 is 1.12 bits per heavy atom. The number of nitrogens with zero attached hydrogens (tertiary/aromatic N) is 2. The lowest BCUT2D eigenvalue weighted by molar-refractivity contribution is -0.137. The summed E-state index contributed by atoms with van der Waals surface area (Å²) in [5.41, 5.74) is 4.28. The molecule has 5 rings (SSSR count). The molecule has 0 radical (unpaired) electrons. The summed E-state index contributed by atoms with van der Waals surface area (Å²) in [4.78, 5) is 14.3. The molecule has 10 heteroatoms. The van der Waals surface area contributed by atoms with Crippen molar-refractivity contribution in [2.75, 3.05) is 30.4 Å². The number of rotatable bonds is 7. The molecule has 3 unspecified atom stereocenters. The average Bonchev–Trinajstić information content (AvgIpc) is 3.01. The number of carboxylic acid groups (broad SMARTS) is 1. The minimum Gasteiger partial charge on any atom is -0.488 e. The van der Waals surface area contributed by atoms with Gasteiger partial charge in [-0.05, 0) is 60.4 Å². The minimum absolute atomic E-state index is 0.0333. The van der Waals surface area contributed by atoms with E-state index in [4.69, 9.17) is 16.3 Å². The van der Waals surface area contributed by atoms with Gasteiger partial charge in [0.2, 0.25) is 10.0 Å². The largest absolute Gasteiger partial charge is 0.488 e. The van der Waals surface area contributed by atoms with Crippen LogP contribution in [-0.4, -0.2) is 56.1 Å². The van der Waals surface area contributed by atoms with Gasteiger partial charge in [-0.3, -0.25) is 4.79 Å². The Bertz CT molecular complexity index is 1530. The molecule has 3 aromatic rings. The lowest BCUT2D eigenvalue weighted by Crippen LogP contribution is -2.38.